The van der Waals surface area contributed by atoms with Crippen LogP contribution in [0.15, 0.2) is 25.0 Å². The molecule has 1 N–H and O–H groups in total. The molecular formula is C7H6ClN3O. The van der Waals surface area contributed by atoms with Gasteiger partial charge in [0.1, 0.15) is 0 Å². The van der Waals surface area contributed by atoms with Crippen LogP contribution in [0.3, 0.4) is 0 Å². The zero-order valence-electron chi connectivity index (χ0n) is 6.12. The van der Waals surface area contributed by atoms with Crippen LogP contribution < -0.4 is 5.32 Å². The molecule has 0 aliphatic heterocycles. The van der Waals surface area contributed by atoms with Gasteiger partial charge in [-0.25, -0.2) is 9.97 Å². The standard InChI is InChI=1S/C7H6ClN3O/c1-2-6(12)11-5-3-9-7(8)10-4-5/h2-4H,1H2,(H,11,12). The lowest BCUT2D eigenvalue weighted by molar-refractivity contribution is -0.111. The minimum atomic E-state index is -0.305. The number of amides is 1. The van der Waals surface area contributed by atoms with Crippen molar-refractivity contribution in [1.29, 1.82) is 0 Å². The lowest BCUT2D eigenvalue weighted by atomic mass is 10.5. The molecule has 1 aromatic rings. The maximum absolute atomic E-state index is 10.7. The fourth-order valence-corrected chi connectivity index (χ4v) is 0.668. The Balaban J connectivity index is 2.71. The third-order valence-electron chi connectivity index (χ3n) is 1.07. The molecule has 0 radical (unpaired) electrons. The Morgan fingerprint density at radius 2 is 2.17 bits per heavy atom. The minimum Gasteiger partial charge on any atom is -0.320 e. The summed E-state index contributed by atoms with van der Waals surface area (Å²) in [5.41, 5.74) is 0.490. The first-order valence-corrected chi connectivity index (χ1v) is 3.51. The number of carbonyl (C=O) groups is 1. The smallest absolute Gasteiger partial charge is 0.247 e. The summed E-state index contributed by atoms with van der Waals surface area (Å²) >= 11 is 5.43. The average Bonchev–Trinajstić information content (AvgIpc) is 2.09. The van der Waals surface area contributed by atoms with Crippen LogP contribution in [0.4, 0.5) is 5.69 Å². The first kappa shape index (κ1) is 8.67. The van der Waals surface area contributed by atoms with Crippen LogP contribution in [0, 0.1) is 0 Å². The molecule has 62 valence electrons. The van der Waals surface area contributed by atoms with Gasteiger partial charge in [-0.1, -0.05) is 6.58 Å². The summed E-state index contributed by atoms with van der Waals surface area (Å²) < 4.78 is 0. The van der Waals surface area contributed by atoms with Crippen LogP contribution in [-0.4, -0.2) is 15.9 Å². The number of carbonyl (C=O) groups excluding carboxylic acids is 1. The Morgan fingerprint density at radius 3 is 2.67 bits per heavy atom. The van der Waals surface area contributed by atoms with E-state index >= 15 is 0 Å². The molecule has 5 heteroatoms. The van der Waals surface area contributed by atoms with E-state index in [1.165, 1.54) is 12.4 Å². The lowest BCUT2D eigenvalue weighted by Crippen LogP contribution is -2.07. The van der Waals surface area contributed by atoms with E-state index in [1.807, 2.05) is 0 Å². The Labute approximate surface area is 74.3 Å². The van der Waals surface area contributed by atoms with E-state index in [1.54, 1.807) is 0 Å². The highest BCUT2D eigenvalue weighted by atomic mass is 35.5. The van der Waals surface area contributed by atoms with Gasteiger partial charge >= 0.3 is 0 Å². The van der Waals surface area contributed by atoms with Crippen LogP contribution in [0.1, 0.15) is 0 Å². The summed E-state index contributed by atoms with van der Waals surface area (Å²) in [6.07, 6.45) is 3.99. The summed E-state index contributed by atoms with van der Waals surface area (Å²) in [7, 11) is 0. The first-order chi connectivity index (χ1) is 5.72. The van der Waals surface area contributed by atoms with E-state index in [9.17, 15) is 4.79 Å². The third-order valence-corrected chi connectivity index (χ3v) is 1.27. The molecule has 4 nitrogen and oxygen atoms in total. The quantitative estimate of drug-likeness (QED) is 0.555. The number of nitrogens with zero attached hydrogens (tertiary/aromatic N) is 2. The molecule has 0 saturated heterocycles. The van der Waals surface area contributed by atoms with Gasteiger partial charge in [-0.2, -0.15) is 0 Å². The molecule has 0 saturated carbocycles. The zero-order valence-corrected chi connectivity index (χ0v) is 6.88. The summed E-state index contributed by atoms with van der Waals surface area (Å²) in [6.45, 7) is 3.30. The van der Waals surface area contributed by atoms with Crippen molar-refractivity contribution in [3.63, 3.8) is 0 Å². The molecule has 1 heterocycles. The third kappa shape index (κ3) is 2.32. The number of halogens is 1. The molecule has 0 aliphatic rings. The van der Waals surface area contributed by atoms with Gasteiger partial charge in [0.2, 0.25) is 11.2 Å². The van der Waals surface area contributed by atoms with E-state index in [2.05, 4.69) is 21.9 Å². The molecule has 0 spiro atoms. The number of aromatic nitrogens is 2. The molecule has 0 bridgehead atoms. The van der Waals surface area contributed by atoms with Gasteiger partial charge in [0.15, 0.2) is 0 Å². The van der Waals surface area contributed by atoms with Gasteiger partial charge in [-0.15, -0.1) is 0 Å². The fraction of sp³-hybridized carbons (Fsp3) is 0. The first-order valence-electron chi connectivity index (χ1n) is 3.13. The average molecular weight is 184 g/mol. The van der Waals surface area contributed by atoms with Crippen LogP contribution in [0.5, 0.6) is 0 Å². The number of nitrogens with one attached hydrogen (secondary N) is 1. The van der Waals surface area contributed by atoms with Crippen molar-refractivity contribution >= 4 is 23.2 Å². The largest absolute Gasteiger partial charge is 0.320 e. The van der Waals surface area contributed by atoms with Crippen molar-refractivity contribution in [3.8, 4) is 0 Å². The van der Waals surface area contributed by atoms with Crippen molar-refractivity contribution in [3.05, 3.63) is 30.3 Å². The highest BCUT2D eigenvalue weighted by Gasteiger charge is 1.97. The number of anilines is 1. The maximum Gasteiger partial charge on any atom is 0.247 e. The summed E-state index contributed by atoms with van der Waals surface area (Å²) in [5, 5.41) is 2.62. The minimum absolute atomic E-state index is 0.145. The van der Waals surface area contributed by atoms with Crippen LogP contribution in [0.2, 0.25) is 5.28 Å². The molecule has 0 fully saturated rings. The van der Waals surface area contributed by atoms with Crippen molar-refractivity contribution < 1.29 is 4.79 Å². The molecule has 1 amide bonds. The Hall–Kier alpha value is -1.42. The molecule has 0 atom stereocenters. The molecule has 0 aromatic carbocycles. The molecule has 12 heavy (non-hydrogen) atoms. The van der Waals surface area contributed by atoms with Crippen molar-refractivity contribution in [1.82, 2.24) is 9.97 Å². The number of hydrogen-bond acceptors (Lipinski definition) is 3. The second kappa shape index (κ2) is 3.82. The Bertz CT molecular complexity index is 296. The zero-order chi connectivity index (χ0) is 8.97. The summed E-state index contributed by atoms with van der Waals surface area (Å²) in [4.78, 5) is 18.1. The molecular weight excluding hydrogens is 178 g/mol. The van der Waals surface area contributed by atoms with Gasteiger partial charge in [0.25, 0.3) is 0 Å². The van der Waals surface area contributed by atoms with Crippen molar-refractivity contribution in [2.75, 3.05) is 5.32 Å². The van der Waals surface area contributed by atoms with Crippen molar-refractivity contribution in [2.24, 2.45) is 0 Å². The fourth-order valence-electron chi connectivity index (χ4n) is 0.570. The van der Waals surface area contributed by atoms with Crippen LogP contribution >= 0.6 is 11.6 Å². The van der Waals surface area contributed by atoms with Gasteiger partial charge in [-0.3, -0.25) is 4.79 Å². The van der Waals surface area contributed by atoms with Crippen LogP contribution in [-0.2, 0) is 4.79 Å². The van der Waals surface area contributed by atoms with Gasteiger partial charge in [0.05, 0.1) is 18.1 Å². The van der Waals surface area contributed by atoms with E-state index in [4.69, 9.17) is 11.6 Å². The van der Waals surface area contributed by atoms with E-state index in [0.29, 0.717) is 5.69 Å². The molecule has 0 unspecified atom stereocenters. The summed E-state index contributed by atoms with van der Waals surface area (Å²) in [5.74, 6) is -0.305. The predicted octanol–water partition coefficient (Wildman–Crippen LogP) is 1.25. The van der Waals surface area contributed by atoms with Gasteiger partial charge < -0.3 is 5.32 Å². The van der Waals surface area contributed by atoms with Crippen LogP contribution in [0.25, 0.3) is 0 Å². The highest BCUT2D eigenvalue weighted by Crippen LogP contribution is 2.05. The van der Waals surface area contributed by atoms with Gasteiger partial charge in [0, 0.05) is 0 Å². The van der Waals surface area contributed by atoms with E-state index in [0.717, 1.165) is 6.08 Å². The molecule has 1 aromatic heterocycles. The topological polar surface area (TPSA) is 54.9 Å². The van der Waals surface area contributed by atoms with Gasteiger partial charge in [-0.05, 0) is 17.7 Å². The van der Waals surface area contributed by atoms with E-state index in [-0.39, 0.29) is 11.2 Å². The lowest BCUT2D eigenvalue weighted by Gasteiger charge is -1.98. The van der Waals surface area contributed by atoms with Crippen molar-refractivity contribution in [2.45, 2.75) is 0 Å². The number of hydrogen-bond donors (Lipinski definition) is 1. The Kier molecular flexibility index (Phi) is 2.76. The SMILES string of the molecule is C=CC(=O)Nc1cnc(Cl)nc1. The second-order valence-corrected chi connectivity index (χ2v) is 2.27. The second-order valence-electron chi connectivity index (χ2n) is 1.93. The molecule has 1 rings (SSSR count). The molecule has 0 aliphatic carbocycles. The monoisotopic (exact) mass is 183 g/mol. The number of rotatable bonds is 2. The van der Waals surface area contributed by atoms with E-state index < -0.39 is 0 Å². The predicted molar refractivity (Wildman–Crippen MR) is 45.9 cm³/mol. The normalized spacial score (nSPS) is 9.08. The summed E-state index contributed by atoms with van der Waals surface area (Å²) in [6, 6.07) is 0. The Morgan fingerprint density at radius 1 is 1.58 bits per heavy atom. The maximum atomic E-state index is 10.7. The highest BCUT2D eigenvalue weighted by molar-refractivity contribution is 6.28.